The highest BCUT2D eigenvalue weighted by atomic mass is 35.5. The van der Waals surface area contributed by atoms with Gasteiger partial charge in [-0.3, -0.25) is 0 Å². The fraction of sp³-hybridized carbons (Fsp3) is 0.500. The van der Waals surface area contributed by atoms with E-state index in [9.17, 15) is 0 Å². The summed E-state index contributed by atoms with van der Waals surface area (Å²) in [6.07, 6.45) is 12.0. The quantitative estimate of drug-likeness (QED) is 0.482. The van der Waals surface area contributed by atoms with Crippen molar-refractivity contribution in [1.82, 2.24) is 15.0 Å². The van der Waals surface area contributed by atoms with Crippen LogP contribution < -0.4 is 0 Å². The molecule has 1 aliphatic carbocycles. The van der Waals surface area contributed by atoms with Gasteiger partial charge < -0.3 is 13.8 Å². The molecule has 2 aromatic heterocycles. The van der Waals surface area contributed by atoms with Crippen molar-refractivity contribution in [3.05, 3.63) is 48.5 Å². The molecule has 5 rings (SSSR count). The lowest BCUT2D eigenvalue weighted by Gasteiger charge is -2.34. The van der Waals surface area contributed by atoms with E-state index in [0.29, 0.717) is 5.89 Å². The van der Waals surface area contributed by atoms with Crippen molar-refractivity contribution in [1.29, 1.82) is 0 Å². The van der Waals surface area contributed by atoms with Crippen LogP contribution in [0.15, 0.2) is 51.6 Å². The number of likely N-dealkylation sites (tertiary alicyclic amines) is 1. The predicted molar refractivity (Wildman–Crippen MR) is 120 cm³/mol. The van der Waals surface area contributed by atoms with Gasteiger partial charge in [0.1, 0.15) is 5.76 Å². The standard InChI is InChI=1S/C24H29N3O2.ClH/c1-2-16-27(15-1)21-12-5-18(6-13-21)7-14-23-25-24(29-26-23)20-10-8-19(9-11-20)22-4-3-17-28-22;/h3-4,8-11,17-18,21H,1-2,5-7,12-16H2;1H. The van der Waals surface area contributed by atoms with Crippen LogP contribution in [0.3, 0.4) is 0 Å². The van der Waals surface area contributed by atoms with Gasteiger partial charge in [0.05, 0.1) is 6.26 Å². The summed E-state index contributed by atoms with van der Waals surface area (Å²) < 4.78 is 11.0. The van der Waals surface area contributed by atoms with E-state index < -0.39 is 0 Å². The first kappa shape index (κ1) is 21.1. The van der Waals surface area contributed by atoms with E-state index in [1.165, 1.54) is 58.0 Å². The average molecular weight is 428 g/mol. The number of benzene rings is 1. The number of hydrogen-bond acceptors (Lipinski definition) is 5. The Bertz CT molecular complexity index is 893. The Morgan fingerprint density at radius 3 is 2.37 bits per heavy atom. The first-order chi connectivity index (χ1) is 14.3. The van der Waals surface area contributed by atoms with Crippen LogP contribution in [0.25, 0.3) is 22.8 Å². The lowest BCUT2D eigenvalue weighted by Crippen LogP contribution is -2.35. The topological polar surface area (TPSA) is 55.3 Å². The number of rotatable bonds is 6. The van der Waals surface area contributed by atoms with E-state index in [0.717, 1.165) is 41.1 Å². The monoisotopic (exact) mass is 427 g/mol. The lowest BCUT2D eigenvalue weighted by molar-refractivity contribution is 0.161. The number of aromatic nitrogens is 2. The third-order valence-electron chi connectivity index (χ3n) is 6.66. The lowest BCUT2D eigenvalue weighted by atomic mass is 9.83. The summed E-state index contributed by atoms with van der Waals surface area (Å²) in [4.78, 5) is 7.35. The zero-order valence-electron chi connectivity index (χ0n) is 17.3. The van der Waals surface area contributed by atoms with Crippen molar-refractivity contribution in [3.63, 3.8) is 0 Å². The van der Waals surface area contributed by atoms with Crippen molar-refractivity contribution in [2.45, 2.75) is 57.4 Å². The minimum absolute atomic E-state index is 0. The molecular formula is C24H30ClN3O2. The zero-order chi connectivity index (χ0) is 19.5. The molecule has 3 aromatic rings. The van der Waals surface area contributed by atoms with Gasteiger partial charge in [0, 0.05) is 23.6 Å². The molecule has 1 saturated carbocycles. The molecule has 1 aliphatic heterocycles. The summed E-state index contributed by atoms with van der Waals surface area (Å²) in [5.74, 6) is 3.10. The van der Waals surface area contributed by atoms with E-state index in [2.05, 4.69) is 15.0 Å². The Morgan fingerprint density at radius 1 is 0.933 bits per heavy atom. The van der Waals surface area contributed by atoms with Crippen molar-refractivity contribution in [2.24, 2.45) is 5.92 Å². The van der Waals surface area contributed by atoms with Crippen LogP contribution in [0, 0.1) is 5.92 Å². The van der Waals surface area contributed by atoms with Gasteiger partial charge in [-0.15, -0.1) is 12.4 Å². The summed E-state index contributed by atoms with van der Waals surface area (Å²) in [5, 5.41) is 4.21. The van der Waals surface area contributed by atoms with Crippen LogP contribution in [-0.4, -0.2) is 34.2 Å². The fourth-order valence-electron chi connectivity index (χ4n) is 4.93. The summed E-state index contributed by atoms with van der Waals surface area (Å²) in [6.45, 7) is 2.65. The molecule has 30 heavy (non-hydrogen) atoms. The molecule has 0 amide bonds. The third-order valence-corrected chi connectivity index (χ3v) is 6.66. The van der Waals surface area contributed by atoms with Crippen molar-refractivity contribution < 1.29 is 8.94 Å². The van der Waals surface area contributed by atoms with Crippen molar-refractivity contribution in [3.8, 4) is 22.8 Å². The van der Waals surface area contributed by atoms with Gasteiger partial charge in [-0.1, -0.05) is 17.3 Å². The molecule has 0 spiro atoms. The van der Waals surface area contributed by atoms with Gasteiger partial charge in [0.25, 0.3) is 5.89 Å². The summed E-state index contributed by atoms with van der Waals surface area (Å²) >= 11 is 0. The number of hydrogen-bond donors (Lipinski definition) is 0. The molecule has 0 atom stereocenters. The first-order valence-electron chi connectivity index (χ1n) is 11.1. The van der Waals surface area contributed by atoms with E-state index in [-0.39, 0.29) is 12.4 Å². The molecule has 0 bridgehead atoms. The number of aryl methyl sites for hydroxylation is 1. The Labute approximate surface area is 184 Å². The molecule has 2 fully saturated rings. The third kappa shape index (κ3) is 4.79. The Hall–Kier alpha value is -2.11. The number of furan rings is 1. The van der Waals surface area contributed by atoms with Crippen molar-refractivity contribution >= 4 is 12.4 Å². The van der Waals surface area contributed by atoms with Crippen LogP contribution in [-0.2, 0) is 6.42 Å². The second-order valence-corrected chi connectivity index (χ2v) is 8.53. The highest BCUT2D eigenvalue weighted by molar-refractivity contribution is 5.85. The van der Waals surface area contributed by atoms with E-state index in [4.69, 9.17) is 8.94 Å². The van der Waals surface area contributed by atoms with E-state index >= 15 is 0 Å². The minimum atomic E-state index is 0. The Kier molecular flexibility index (Phi) is 6.90. The molecule has 2 aliphatic rings. The normalized spacial score (nSPS) is 22.1. The van der Waals surface area contributed by atoms with Gasteiger partial charge in [0.15, 0.2) is 5.82 Å². The molecule has 3 heterocycles. The maximum Gasteiger partial charge on any atom is 0.257 e. The van der Waals surface area contributed by atoms with Crippen LogP contribution in [0.1, 0.15) is 50.8 Å². The van der Waals surface area contributed by atoms with Gasteiger partial charge in [-0.25, -0.2) is 0 Å². The predicted octanol–water partition coefficient (Wildman–Crippen LogP) is 6.01. The fourth-order valence-corrected chi connectivity index (χ4v) is 4.93. The summed E-state index contributed by atoms with van der Waals surface area (Å²) in [6, 6.07) is 12.8. The average Bonchev–Trinajstić information content (AvgIpc) is 3.56. The van der Waals surface area contributed by atoms with Gasteiger partial charge >= 0.3 is 0 Å². The number of nitrogens with zero attached hydrogens (tertiary/aromatic N) is 3. The van der Waals surface area contributed by atoms with E-state index in [1.807, 2.05) is 36.4 Å². The molecule has 160 valence electrons. The maximum absolute atomic E-state index is 5.51. The molecule has 0 radical (unpaired) electrons. The first-order valence-corrected chi connectivity index (χ1v) is 11.1. The summed E-state index contributed by atoms with van der Waals surface area (Å²) in [5.41, 5.74) is 1.99. The Balaban J connectivity index is 0.00000218. The molecule has 0 unspecified atom stereocenters. The highest BCUT2D eigenvalue weighted by Crippen LogP contribution is 2.32. The number of halogens is 1. The molecule has 0 N–H and O–H groups in total. The molecular weight excluding hydrogens is 398 g/mol. The molecule has 5 nitrogen and oxygen atoms in total. The van der Waals surface area contributed by atoms with Gasteiger partial charge in [-0.2, -0.15) is 4.98 Å². The molecule has 1 saturated heterocycles. The highest BCUT2D eigenvalue weighted by Gasteiger charge is 2.27. The van der Waals surface area contributed by atoms with Crippen LogP contribution in [0.4, 0.5) is 0 Å². The second kappa shape index (κ2) is 9.80. The maximum atomic E-state index is 5.51. The Morgan fingerprint density at radius 2 is 1.67 bits per heavy atom. The molecule has 6 heteroatoms. The van der Waals surface area contributed by atoms with Gasteiger partial charge in [-0.05, 0) is 88.2 Å². The minimum Gasteiger partial charge on any atom is -0.464 e. The second-order valence-electron chi connectivity index (χ2n) is 8.53. The summed E-state index contributed by atoms with van der Waals surface area (Å²) in [7, 11) is 0. The molecule has 1 aromatic carbocycles. The smallest absolute Gasteiger partial charge is 0.257 e. The SMILES string of the molecule is Cl.c1coc(-c2ccc(-c3nc(CCC4CCC(N5CCCC5)CC4)no3)cc2)c1. The van der Waals surface area contributed by atoms with Crippen LogP contribution in [0.2, 0.25) is 0 Å². The zero-order valence-corrected chi connectivity index (χ0v) is 18.2. The van der Waals surface area contributed by atoms with Crippen LogP contribution >= 0.6 is 12.4 Å². The largest absolute Gasteiger partial charge is 0.464 e. The van der Waals surface area contributed by atoms with Gasteiger partial charge in [0.2, 0.25) is 0 Å². The van der Waals surface area contributed by atoms with Crippen LogP contribution in [0.5, 0.6) is 0 Å². The van der Waals surface area contributed by atoms with Crippen molar-refractivity contribution in [2.75, 3.05) is 13.1 Å². The van der Waals surface area contributed by atoms with E-state index in [1.54, 1.807) is 6.26 Å².